The number of anilines is 1. The smallest absolute Gasteiger partial charge is 0.237 e. The number of rotatable bonds is 2. The van der Waals surface area contributed by atoms with Crippen LogP contribution in [0.3, 0.4) is 0 Å². The zero-order valence-corrected chi connectivity index (χ0v) is 11.6. The molecule has 0 atom stereocenters. The Bertz CT molecular complexity index is 451. The fraction of sp³-hybridized carbons (Fsp3) is 0.308. The van der Waals surface area contributed by atoms with Crippen molar-refractivity contribution in [2.75, 3.05) is 11.4 Å². The number of fused-ring (bicyclic) bond motifs is 1. The van der Waals surface area contributed by atoms with Gasteiger partial charge in [-0.05, 0) is 29.6 Å². The summed E-state index contributed by atoms with van der Waals surface area (Å²) in [4.78, 5) is 14.1. The van der Waals surface area contributed by atoms with Gasteiger partial charge >= 0.3 is 0 Å². The monoisotopic (exact) mass is 327 g/mol. The lowest BCUT2D eigenvalue weighted by Gasteiger charge is -2.18. The van der Waals surface area contributed by atoms with Crippen molar-refractivity contribution in [3.63, 3.8) is 0 Å². The molecule has 0 radical (unpaired) electrons. The Morgan fingerprint density at radius 2 is 2.06 bits per heavy atom. The molecule has 1 aromatic carbocycles. The van der Waals surface area contributed by atoms with E-state index in [1.165, 1.54) is 0 Å². The molecule has 0 unspecified atom stereocenters. The van der Waals surface area contributed by atoms with Gasteiger partial charge in [-0.2, -0.15) is 0 Å². The molecule has 3 heteroatoms. The molecule has 0 spiro atoms. The number of carbonyl (C=O) groups is 1. The molecule has 0 N–H and O–H groups in total. The van der Waals surface area contributed by atoms with Crippen LogP contribution in [0.15, 0.2) is 34.4 Å². The Labute approximate surface area is 109 Å². The highest BCUT2D eigenvalue weighted by Gasteiger charge is 2.42. The average Bonchev–Trinajstić information content (AvgIpc) is 2.47. The molecule has 1 amide bonds. The predicted octanol–water partition coefficient (Wildman–Crippen LogP) is 3.26. The first-order valence-electron chi connectivity index (χ1n) is 5.25. The van der Waals surface area contributed by atoms with Gasteiger partial charge in [-0.25, -0.2) is 0 Å². The van der Waals surface area contributed by atoms with Crippen molar-refractivity contribution in [1.29, 1.82) is 0 Å². The molecule has 0 aromatic heterocycles. The van der Waals surface area contributed by atoms with E-state index in [2.05, 4.69) is 22.6 Å². The summed E-state index contributed by atoms with van der Waals surface area (Å²) in [7, 11) is 0. The Morgan fingerprint density at radius 1 is 1.38 bits per heavy atom. The van der Waals surface area contributed by atoms with Crippen LogP contribution >= 0.6 is 22.6 Å². The van der Waals surface area contributed by atoms with E-state index in [-0.39, 0.29) is 5.91 Å². The fourth-order valence-electron chi connectivity index (χ4n) is 2.13. The van der Waals surface area contributed by atoms with Crippen LogP contribution in [0.2, 0.25) is 0 Å². The van der Waals surface area contributed by atoms with Gasteiger partial charge in [0.1, 0.15) is 0 Å². The number of hydrogen-bond acceptors (Lipinski definition) is 1. The molecule has 1 heterocycles. The van der Waals surface area contributed by atoms with Crippen LogP contribution in [0.1, 0.15) is 19.4 Å². The largest absolute Gasteiger partial charge is 0.308 e. The highest BCUT2D eigenvalue weighted by Crippen LogP contribution is 2.40. The number of nitrogens with zero attached hydrogens (tertiary/aromatic N) is 1. The third-order valence-corrected chi connectivity index (χ3v) is 3.53. The Hall–Kier alpha value is -0.840. The van der Waals surface area contributed by atoms with E-state index in [4.69, 9.17) is 0 Å². The van der Waals surface area contributed by atoms with Crippen LogP contribution in [0, 0.1) is 0 Å². The first-order valence-corrected chi connectivity index (χ1v) is 6.50. The first-order chi connectivity index (χ1) is 7.59. The number of amides is 1. The molecule has 0 saturated heterocycles. The lowest BCUT2D eigenvalue weighted by Crippen LogP contribution is -2.36. The van der Waals surface area contributed by atoms with Gasteiger partial charge in [0.05, 0.1) is 5.41 Å². The van der Waals surface area contributed by atoms with Crippen molar-refractivity contribution >= 4 is 34.2 Å². The number of benzene rings is 1. The molecule has 0 aliphatic carbocycles. The highest BCUT2D eigenvalue weighted by molar-refractivity contribution is 14.1. The average molecular weight is 327 g/mol. The second-order valence-corrected chi connectivity index (χ2v) is 5.14. The molecule has 0 fully saturated rings. The maximum Gasteiger partial charge on any atom is 0.237 e. The normalized spacial score (nSPS) is 18.2. The topological polar surface area (TPSA) is 20.3 Å². The van der Waals surface area contributed by atoms with Crippen molar-refractivity contribution in [1.82, 2.24) is 0 Å². The van der Waals surface area contributed by atoms with E-state index in [0.717, 1.165) is 11.3 Å². The van der Waals surface area contributed by atoms with Crippen molar-refractivity contribution in [3.05, 3.63) is 40.0 Å². The number of halogens is 1. The third kappa shape index (κ3) is 1.67. The van der Waals surface area contributed by atoms with Gasteiger partial charge in [-0.15, -0.1) is 0 Å². The van der Waals surface area contributed by atoms with Gasteiger partial charge in [0.2, 0.25) is 5.91 Å². The Balaban J connectivity index is 2.47. The van der Waals surface area contributed by atoms with Crippen molar-refractivity contribution in [3.8, 4) is 0 Å². The fourth-order valence-corrected chi connectivity index (χ4v) is 2.35. The molecular formula is C13H14INO. The van der Waals surface area contributed by atoms with Gasteiger partial charge in [-0.1, -0.05) is 46.9 Å². The summed E-state index contributed by atoms with van der Waals surface area (Å²) in [5, 5.41) is 0. The molecule has 1 aromatic rings. The molecule has 2 rings (SSSR count). The van der Waals surface area contributed by atoms with Gasteiger partial charge < -0.3 is 4.90 Å². The zero-order chi connectivity index (χ0) is 11.8. The summed E-state index contributed by atoms with van der Waals surface area (Å²) in [6.07, 6.45) is 2.00. The summed E-state index contributed by atoms with van der Waals surface area (Å²) in [6.45, 7) is 4.63. The lowest BCUT2D eigenvalue weighted by atomic mass is 9.86. The van der Waals surface area contributed by atoms with Crippen LogP contribution in [0.25, 0.3) is 0 Å². The van der Waals surface area contributed by atoms with Crippen molar-refractivity contribution in [2.45, 2.75) is 19.3 Å². The number of carbonyl (C=O) groups excluding carboxylic acids is 1. The van der Waals surface area contributed by atoms with Gasteiger partial charge in [0.25, 0.3) is 0 Å². The lowest BCUT2D eigenvalue weighted by molar-refractivity contribution is -0.121. The van der Waals surface area contributed by atoms with E-state index in [0.29, 0.717) is 6.54 Å². The third-order valence-electron chi connectivity index (χ3n) is 3.03. The Kier molecular flexibility index (Phi) is 3.06. The quantitative estimate of drug-likeness (QED) is 0.764. The number of para-hydroxylation sites is 1. The Morgan fingerprint density at radius 3 is 2.75 bits per heavy atom. The SMILES string of the molecule is CC1(C)C(=O)N(C/C=C/I)c2ccccc21. The molecule has 1 aliphatic rings. The van der Waals surface area contributed by atoms with E-state index in [9.17, 15) is 4.79 Å². The second kappa shape index (κ2) is 4.20. The maximum atomic E-state index is 12.3. The van der Waals surface area contributed by atoms with Crippen LogP contribution in [-0.2, 0) is 10.2 Å². The summed E-state index contributed by atoms with van der Waals surface area (Å²) < 4.78 is 1.94. The van der Waals surface area contributed by atoms with Crippen LogP contribution < -0.4 is 4.90 Å². The predicted molar refractivity (Wildman–Crippen MR) is 75.0 cm³/mol. The minimum atomic E-state index is -0.393. The molecule has 1 aliphatic heterocycles. The van der Waals surface area contributed by atoms with Crippen molar-refractivity contribution in [2.24, 2.45) is 0 Å². The summed E-state index contributed by atoms with van der Waals surface area (Å²) in [5.74, 6) is 0.184. The maximum absolute atomic E-state index is 12.3. The highest BCUT2D eigenvalue weighted by atomic mass is 127. The zero-order valence-electron chi connectivity index (χ0n) is 9.40. The second-order valence-electron chi connectivity index (χ2n) is 4.42. The van der Waals surface area contributed by atoms with Crippen LogP contribution in [-0.4, -0.2) is 12.5 Å². The summed E-state index contributed by atoms with van der Waals surface area (Å²) in [6, 6.07) is 8.03. The molecule has 0 saturated carbocycles. The number of hydrogen-bond donors (Lipinski definition) is 0. The minimum Gasteiger partial charge on any atom is -0.308 e. The van der Waals surface area contributed by atoms with Crippen LogP contribution in [0.5, 0.6) is 0 Å². The van der Waals surface area contributed by atoms with E-state index in [1.807, 2.05) is 53.2 Å². The summed E-state index contributed by atoms with van der Waals surface area (Å²) >= 11 is 2.17. The molecule has 16 heavy (non-hydrogen) atoms. The molecular weight excluding hydrogens is 313 g/mol. The van der Waals surface area contributed by atoms with Crippen LogP contribution in [0.4, 0.5) is 5.69 Å². The molecule has 84 valence electrons. The van der Waals surface area contributed by atoms with E-state index >= 15 is 0 Å². The first kappa shape index (κ1) is 11.6. The van der Waals surface area contributed by atoms with Gasteiger partial charge in [-0.3, -0.25) is 4.79 Å². The standard InChI is InChI=1S/C13H14INO/c1-13(2)10-6-3-4-7-11(10)15(12(13)16)9-5-8-14/h3-8H,9H2,1-2H3/b8-5+. The van der Waals surface area contributed by atoms with E-state index < -0.39 is 5.41 Å². The molecule has 0 bridgehead atoms. The van der Waals surface area contributed by atoms with Gasteiger partial charge in [0.15, 0.2) is 0 Å². The van der Waals surface area contributed by atoms with Gasteiger partial charge in [0, 0.05) is 12.2 Å². The van der Waals surface area contributed by atoms with Crippen molar-refractivity contribution < 1.29 is 4.79 Å². The molecule has 2 nitrogen and oxygen atoms in total. The minimum absolute atomic E-state index is 0.184. The van der Waals surface area contributed by atoms with E-state index in [1.54, 1.807) is 0 Å². The summed E-state index contributed by atoms with van der Waals surface area (Å²) in [5.41, 5.74) is 1.78.